The Morgan fingerprint density at radius 2 is 1.88 bits per heavy atom. The lowest BCUT2D eigenvalue weighted by atomic mass is 9.73. The molecule has 5 rings (SSSR count). The van der Waals surface area contributed by atoms with Crippen LogP contribution < -0.4 is 0 Å². The quantitative estimate of drug-likeness (QED) is 0.672. The summed E-state index contributed by atoms with van der Waals surface area (Å²) in [6, 6.07) is 3.68. The van der Waals surface area contributed by atoms with Gasteiger partial charge in [-0.25, -0.2) is 0 Å². The number of aryl methyl sites for hydroxylation is 1. The summed E-state index contributed by atoms with van der Waals surface area (Å²) >= 11 is 0. The second kappa shape index (κ2) is 4.93. The SMILES string of the molecule is Cc1coc2c1C(=O)C(=O)c1ccc3c(c1-2)CCC[C@]31COC(C)(C)O1. The van der Waals surface area contributed by atoms with Gasteiger partial charge >= 0.3 is 0 Å². The molecule has 1 saturated heterocycles. The lowest BCUT2D eigenvalue weighted by Gasteiger charge is -2.36. The zero-order chi connectivity index (χ0) is 18.3. The van der Waals surface area contributed by atoms with Gasteiger partial charge in [0.25, 0.3) is 0 Å². The number of rotatable bonds is 0. The molecule has 0 radical (unpaired) electrons. The number of furan rings is 1. The normalized spacial score (nSPS) is 26.0. The number of hydrogen-bond donors (Lipinski definition) is 0. The van der Waals surface area contributed by atoms with Crippen molar-refractivity contribution in [3.8, 4) is 11.3 Å². The van der Waals surface area contributed by atoms with E-state index in [1.165, 1.54) is 0 Å². The van der Waals surface area contributed by atoms with Crippen molar-refractivity contribution in [2.45, 2.75) is 51.4 Å². The monoisotopic (exact) mass is 352 g/mol. The molecule has 2 aliphatic carbocycles. The Balaban J connectivity index is 1.78. The second-order valence-corrected chi connectivity index (χ2v) is 7.93. The first kappa shape index (κ1) is 16.0. The fraction of sp³-hybridized carbons (Fsp3) is 0.429. The van der Waals surface area contributed by atoms with Gasteiger partial charge in [0.2, 0.25) is 11.6 Å². The van der Waals surface area contributed by atoms with Crippen LogP contribution in [-0.4, -0.2) is 24.0 Å². The Hall–Kier alpha value is -2.24. The zero-order valence-electron chi connectivity index (χ0n) is 15.1. The van der Waals surface area contributed by atoms with E-state index in [9.17, 15) is 9.59 Å². The maximum absolute atomic E-state index is 12.7. The molecule has 0 unspecified atom stereocenters. The molecule has 3 aliphatic rings. The van der Waals surface area contributed by atoms with Gasteiger partial charge in [-0.3, -0.25) is 9.59 Å². The summed E-state index contributed by atoms with van der Waals surface area (Å²) in [7, 11) is 0. The lowest BCUT2D eigenvalue weighted by Crippen LogP contribution is -2.36. The van der Waals surface area contributed by atoms with Crippen molar-refractivity contribution in [3.63, 3.8) is 0 Å². The molecule has 1 aliphatic heterocycles. The molecule has 134 valence electrons. The van der Waals surface area contributed by atoms with Crippen LogP contribution in [0.1, 0.15) is 64.1 Å². The summed E-state index contributed by atoms with van der Waals surface area (Å²) in [5.74, 6) is -1.05. The molecular weight excluding hydrogens is 332 g/mol. The third-order valence-corrected chi connectivity index (χ3v) is 5.79. The van der Waals surface area contributed by atoms with Gasteiger partial charge in [-0.1, -0.05) is 6.07 Å². The van der Waals surface area contributed by atoms with E-state index in [1.807, 2.05) is 19.9 Å². The molecule has 0 amide bonds. The summed E-state index contributed by atoms with van der Waals surface area (Å²) < 4.78 is 18.0. The van der Waals surface area contributed by atoms with Gasteiger partial charge in [-0.05, 0) is 62.8 Å². The number of hydrogen-bond acceptors (Lipinski definition) is 5. The van der Waals surface area contributed by atoms with E-state index in [2.05, 4.69) is 0 Å². The molecule has 2 heterocycles. The van der Waals surface area contributed by atoms with Crippen LogP contribution in [0.5, 0.6) is 0 Å². The predicted octanol–water partition coefficient (Wildman–Crippen LogP) is 3.95. The van der Waals surface area contributed by atoms with Crippen LogP contribution in [0.3, 0.4) is 0 Å². The van der Waals surface area contributed by atoms with Gasteiger partial charge in [0.1, 0.15) is 11.4 Å². The van der Waals surface area contributed by atoms with Crippen molar-refractivity contribution in [2.75, 3.05) is 6.61 Å². The number of carbonyl (C=O) groups is 2. The highest BCUT2D eigenvalue weighted by Crippen LogP contribution is 2.50. The van der Waals surface area contributed by atoms with E-state index in [1.54, 1.807) is 19.3 Å². The third kappa shape index (κ3) is 1.93. The first-order valence-corrected chi connectivity index (χ1v) is 9.01. The molecule has 26 heavy (non-hydrogen) atoms. The molecule has 2 aromatic rings. The Morgan fingerprint density at radius 3 is 2.62 bits per heavy atom. The highest BCUT2D eigenvalue weighted by Gasteiger charge is 2.50. The number of ether oxygens (including phenoxy) is 2. The molecule has 1 fully saturated rings. The molecule has 1 aromatic carbocycles. The Kier molecular flexibility index (Phi) is 3.03. The summed E-state index contributed by atoms with van der Waals surface area (Å²) in [6.07, 6.45) is 4.19. The summed E-state index contributed by atoms with van der Waals surface area (Å²) in [5.41, 5.74) is 3.90. The van der Waals surface area contributed by atoms with Gasteiger partial charge in [0, 0.05) is 11.1 Å². The molecule has 5 nitrogen and oxygen atoms in total. The zero-order valence-corrected chi connectivity index (χ0v) is 15.1. The fourth-order valence-corrected chi connectivity index (χ4v) is 4.69. The molecular formula is C21H20O5. The molecule has 0 N–H and O–H groups in total. The number of benzene rings is 1. The molecule has 1 spiro atoms. The highest BCUT2D eigenvalue weighted by atomic mass is 16.8. The minimum Gasteiger partial charge on any atom is -0.463 e. The van der Waals surface area contributed by atoms with Crippen molar-refractivity contribution in [1.29, 1.82) is 0 Å². The fourth-order valence-electron chi connectivity index (χ4n) is 4.69. The summed E-state index contributed by atoms with van der Waals surface area (Å²) in [6.45, 7) is 6.13. The van der Waals surface area contributed by atoms with Crippen LogP contribution in [0.15, 0.2) is 22.8 Å². The Morgan fingerprint density at radius 1 is 1.08 bits per heavy atom. The van der Waals surface area contributed by atoms with Gasteiger partial charge in [0.15, 0.2) is 5.79 Å². The Bertz CT molecular complexity index is 981. The Labute approximate surface area is 151 Å². The number of fused-ring (bicyclic) bond motifs is 6. The van der Waals surface area contributed by atoms with E-state index >= 15 is 0 Å². The van der Waals surface area contributed by atoms with E-state index < -0.39 is 23.0 Å². The van der Waals surface area contributed by atoms with Crippen LogP contribution in [-0.2, 0) is 21.5 Å². The first-order valence-electron chi connectivity index (χ1n) is 9.01. The number of carbonyl (C=O) groups excluding carboxylic acids is 2. The lowest BCUT2D eigenvalue weighted by molar-refractivity contribution is -0.166. The van der Waals surface area contributed by atoms with Crippen molar-refractivity contribution >= 4 is 11.6 Å². The van der Waals surface area contributed by atoms with Gasteiger partial charge < -0.3 is 13.9 Å². The standard InChI is InChI=1S/C21H20O5/c1-11-9-24-19-15(11)18(23)17(22)13-6-7-14-12(16(13)19)5-4-8-21(14)10-25-20(2,3)26-21/h6-7,9H,4-5,8,10H2,1-3H3/t21-/m0/s1. The number of ketones is 2. The largest absolute Gasteiger partial charge is 0.463 e. The molecule has 1 aromatic heterocycles. The van der Waals surface area contributed by atoms with E-state index in [-0.39, 0.29) is 0 Å². The average molecular weight is 352 g/mol. The minimum absolute atomic E-state index is 0.402. The number of Topliss-reactive ketones (excluding diaryl/α,β-unsaturated/α-hetero) is 2. The second-order valence-electron chi connectivity index (χ2n) is 7.93. The van der Waals surface area contributed by atoms with Gasteiger partial charge in [0.05, 0.1) is 18.4 Å². The molecule has 1 atom stereocenters. The van der Waals surface area contributed by atoms with Crippen molar-refractivity contribution < 1.29 is 23.5 Å². The van der Waals surface area contributed by atoms with E-state index in [0.29, 0.717) is 29.1 Å². The van der Waals surface area contributed by atoms with Crippen LogP contribution in [0.2, 0.25) is 0 Å². The topological polar surface area (TPSA) is 65.7 Å². The van der Waals surface area contributed by atoms with Crippen LogP contribution in [0.25, 0.3) is 11.3 Å². The van der Waals surface area contributed by atoms with Crippen molar-refractivity contribution in [2.24, 2.45) is 0 Å². The summed E-state index contributed by atoms with van der Waals surface area (Å²) in [4.78, 5) is 25.2. The summed E-state index contributed by atoms with van der Waals surface area (Å²) in [5, 5.41) is 0. The van der Waals surface area contributed by atoms with Crippen molar-refractivity contribution in [3.05, 3.63) is 46.2 Å². The van der Waals surface area contributed by atoms with Crippen LogP contribution >= 0.6 is 0 Å². The van der Waals surface area contributed by atoms with Gasteiger partial charge in [-0.15, -0.1) is 0 Å². The van der Waals surface area contributed by atoms with E-state index in [0.717, 1.165) is 36.0 Å². The van der Waals surface area contributed by atoms with E-state index in [4.69, 9.17) is 13.9 Å². The average Bonchev–Trinajstić information content (AvgIpc) is 3.13. The predicted molar refractivity (Wildman–Crippen MR) is 93.3 cm³/mol. The van der Waals surface area contributed by atoms with Crippen molar-refractivity contribution in [1.82, 2.24) is 0 Å². The minimum atomic E-state index is -0.636. The highest BCUT2D eigenvalue weighted by molar-refractivity contribution is 6.53. The molecule has 0 saturated carbocycles. The maximum Gasteiger partial charge on any atom is 0.237 e. The maximum atomic E-state index is 12.7. The van der Waals surface area contributed by atoms with Crippen LogP contribution in [0, 0.1) is 6.92 Å². The first-order chi connectivity index (χ1) is 12.3. The molecule has 5 heteroatoms. The third-order valence-electron chi connectivity index (χ3n) is 5.79. The van der Waals surface area contributed by atoms with Crippen LogP contribution in [0.4, 0.5) is 0 Å². The smallest absolute Gasteiger partial charge is 0.237 e. The molecule has 0 bridgehead atoms. The van der Waals surface area contributed by atoms with Gasteiger partial charge in [-0.2, -0.15) is 0 Å².